The molecule has 1 fully saturated rings. The minimum Gasteiger partial charge on any atom is -0.351 e. The summed E-state index contributed by atoms with van der Waals surface area (Å²) in [5.41, 5.74) is 5.38. The van der Waals surface area contributed by atoms with Crippen LogP contribution >= 0.6 is 0 Å². The van der Waals surface area contributed by atoms with Gasteiger partial charge in [0, 0.05) is 26.2 Å². The van der Waals surface area contributed by atoms with E-state index in [1.54, 1.807) is 11.9 Å². The van der Waals surface area contributed by atoms with Crippen LogP contribution in [-0.4, -0.2) is 43.1 Å². The van der Waals surface area contributed by atoms with Crippen molar-refractivity contribution in [2.24, 2.45) is 5.73 Å². The summed E-state index contributed by atoms with van der Waals surface area (Å²) in [6.45, 7) is 0.909. The summed E-state index contributed by atoms with van der Waals surface area (Å²) < 4.78 is 0. The Morgan fingerprint density at radius 3 is 2.47 bits per heavy atom. The highest BCUT2D eigenvalue weighted by Gasteiger charge is 2.23. The third kappa shape index (κ3) is 4.50. The SMILES string of the molecule is CNC(=O)NCCN(C(N)=O)C1CCCCC1. The highest BCUT2D eigenvalue weighted by molar-refractivity contribution is 5.74. The van der Waals surface area contributed by atoms with Crippen molar-refractivity contribution in [1.29, 1.82) is 0 Å². The Morgan fingerprint density at radius 1 is 1.29 bits per heavy atom. The predicted molar refractivity (Wildman–Crippen MR) is 65.6 cm³/mol. The van der Waals surface area contributed by atoms with Gasteiger partial charge in [-0.3, -0.25) is 0 Å². The van der Waals surface area contributed by atoms with Gasteiger partial charge < -0.3 is 21.3 Å². The molecule has 98 valence electrons. The Labute approximate surface area is 102 Å². The van der Waals surface area contributed by atoms with Crippen LogP contribution in [0.15, 0.2) is 0 Å². The number of urea groups is 2. The van der Waals surface area contributed by atoms with Crippen molar-refractivity contribution in [1.82, 2.24) is 15.5 Å². The van der Waals surface area contributed by atoms with E-state index in [4.69, 9.17) is 5.73 Å². The van der Waals surface area contributed by atoms with Gasteiger partial charge in [-0.1, -0.05) is 19.3 Å². The number of nitrogens with two attached hydrogens (primary N) is 1. The largest absolute Gasteiger partial charge is 0.351 e. The van der Waals surface area contributed by atoms with Gasteiger partial charge in [0.2, 0.25) is 0 Å². The van der Waals surface area contributed by atoms with E-state index in [0.717, 1.165) is 25.7 Å². The number of nitrogens with zero attached hydrogens (tertiary/aromatic N) is 1. The number of hydrogen-bond acceptors (Lipinski definition) is 2. The molecule has 0 unspecified atom stereocenters. The lowest BCUT2D eigenvalue weighted by atomic mass is 9.94. The Balaban J connectivity index is 2.37. The Kier molecular flexibility index (Phi) is 5.59. The van der Waals surface area contributed by atoms with Crippen LogP contribution in [0.1, 0.15) is 32.1 Å². The highest BCUT2D eigenvalue weighted by atomic mass is 16.2. The predicted octanol–water partition coefficient (Wildman–Crippen LogP) is 0.629. The lowest BCUT2D eigenvalue weighted by Crippen LogP contribution is -2.48. The molecule has 0 heterocycles. The molecule has 1 aliphatic carbocycles. The van der Waals surface area contributed by atoms with Crippen molar-refractivity contribution in [3.8, 4) is 0 Å². The molecule has 6 heteroatoms. The van der Waals surface area contributed by atoms with Crippen LogP contribution in [0.5, 0.6) is 0 Å². The third-order valence-corrected chi connectivity index (χ3v) is 3.16. The third-order valence-electron chi connectivity index (χ3n) is 3.16. The molecule has 0 radical (unpaired) electrons. The first kappa shape index (κ1) is 13.6. The van der Waals surface area contributed by atoms with Crippen molar-refractivity contribution in [2.45, 2.75) is 38.1 Å². The molecule has 4 amide bonds. The Bertz CT molecular complexity index is 264. The van der Waals surface area contributed by atoms with Gasteiger partial charge in [-0.15, -0.1) is 0 Å². The lowest BCUT2D eigenvalue weighted by Gasteiger charge is -2.33. The fourth-order valence-electron chi connectivity index (χ4n) is 2.24. The van der Waals surface area contributed by atoms with Gasteiger partial charge in [-0.05, 0) is 12.8 Å². The van der Waals surface area contributed by atoms with Crippen LogP contribution in [0.3, 0.4) is 0 Å². The molecule has 0 saturated heterocycles. The first-order chi connectivity index (χ1) is 8.15. The topological polar surface area (TPSA) is 87.5 Å². The van der Waals surface area contributed by atoms with E-state index in [-0.39, 0.29) is 12.1 Å². The van der Waals surface area contributed by atoms with Crippen molar-refractivity contribution >= 4 is 12.1 Å². The molecule has 0 aliphatic heterocycles. The van der Waals surface area contributed by atoms with Crippen LogP contribution in [0.2, 0.25) is 0 Å². The zero-order valence-electron chi connectivity index (χ0n) is 10.4. The molecule has 0 aromatic carbocycles. The number of amides is 4. The van der Waals surface area contributed by atoms with Crippen LogP contribution in [0.25, 0.3) is 0 Å². The number of carbonyl (C=O) groups excluding carboxylic acids is 2. The summed E-state index contributed by atoms with van der Waals surface area (Å²) >= 11 is 0. The van der Waals surface area contributed by atoms with E-state index in [1.165, 1.54) is 6.42 Å². The first-order valence-electron chi connectivity index (χ1n) is 6.17. The minimum atomic E-state index is -0.393. The number of nitrogens with one attached hydrogen (secondary N) is 2. The van der Waals surface area contributed by atoms with Gasteiger partial charge in [-0.25, -0.2) is 9.59 Å². The van der Waals surface area contributed by atoms with Gasteiger partial charge >= 0.3 is 12.1 Å². The summed E-state index contributed by atoms with van der Waals surface area (Å²) in [5.74, 6) is 0. The summed E-state index contributed by atoms with van der Waals surface area (Å²) in [6, 6.07) is -0.388. The summed E-state index contributed by atoms with van der Waals surface area (Å²) in [5, 5.41) is 5.12. The first-order valence-corrected chi connectivity index (χ1v) is 6.17. The molecule has 1 saturated carbocycles. The van der Waals surface area contributed by atoms with Crippen LogP contribution in [0.4, 0.5) is 9.59 Å². The van der Waals surface area contributed by atoms with Crippen LogP contribution in [0, 0.1) is 0 Å². The van der Waals surface area contributed by atoms with Gasteiger partial charge in [-0.2, -0.15) is 0 Å². The number of carbonyl (C=O) groups is 2. The molecule has 1 rings (SSSR count). The molecule has 0 bridgehead atoms. The van der Waals surface area contributed by atoms with Crippen molar-refractivity contribution < 1.29 is 9.59 Å². The summed E-state index contributed by atoms with van der Waals surface area (Å²) in [4.78, 5) is 24.0. The standard InChI is InChI=1S/C11H22N4O2/c1-13-11(17)14-7-8-15(10(12)16)9-5-3-2-4-6-9/h9H,2-8H2,1H3,(H2,12,16)(H2,13,14,17). The quantitative estimate of drug-likeness (QED) is 0.675. The van der Waals surface area contributed by atoms with Gasteiger partial charge in [0.15, 0.2) is 0 Å². The summed E-state index contributed by atoms with van der Waals surface area (Å²) in [7, 11) is 1.56. The summed E-state index contributed by atoms with van der Waals surface area (Å²) in [6.07, 6.45) is 5.57. The van der Waals surface area contributed by atoms with Crippen LogP contribution in [-0.2, 0) is 0 Å². The van der Waals surface area contributed by atoms with Crippen molar-refractivity contribution in [2.75, 3.05) is 20.1 Å². The van der Waals surface area contributed by atoms with Crippen LogP contribution < -0.4 is 16.4 Å². The molecule has 1 aliphatic rings. The zero-order chi connectivity index (χ0) is 12.7. The average molecular weight is 242 g/mol. The highest BCUT2D eigenvalue weighted by Crippen LogP contribution is 2.22. The average Bonchev–Trinajstić information content (AvgIpc) is 2.34. The molecule has 0 atom stereocenters. The Hall–Kier alpha value is -1.46. The van der Waals surface area contributed by atoms with E-state index in [9.17, 15) is 9.59 Å². The fraction of sp³-hybridized carbons (Fsp3) is 0.818. The maximum absolute atomic E-state index is 11.4. The second-order valence-corrected chi connectivity index (χ2v) is 4.33. The van der Waals surface area contributed by atoms with E-state index < -0.39 is 6.03 Å². The number of primary amides is 1. The van der Waals surface area contributed by atoms with Crippen molar-refractivity contribution in [3.63, 3.8) is 0 Å². The number of hydrogen-bond donors (Lipinski definition) is 3. The molecule has 0 aromatic rings. The number of rotatable bonds is 4. The molecule has 0 spiro atoms. The molecular weight excluding hydrogens is 220 g/mol. The fourth-order valence-corrected chi connectivity index (χ4v) is 2.24. The van der Waals surface area contributed by atoms with E-state index in [2.05, 4.69) is 10.6 Å². The molecule has 6 nitrogen and oxygen atoms in total. The molecule has 17 heavy (non-hydrogen) atoms. The molecular formula is C11H22N4O2. The van der Waals surface area contributed by atoms with Gasteiger partial charge in [0.25, 0.3) is 0 Å². The van der Waals surface area contributed by atoms with Gasteiger partial charge in [0.1, 0.15) is 0 Å². The molecule has 0 aromatic heterocycles. The normalized spacial score (nSPS) is 16.3. The monoisotopic (exact) mass is 242 g/mol. The van der Waals surface area contributed by atoms with E-state index >= 15 is 0 Å². The maximum atomic E-state index is 11.4. The second kappa shape index (κ2) is 6.98. The van der Waals surface area contributed by atoms with Gasteiger partial charge in [0.05, 0.1) is 0 Å². The molecule has 4 N–H and O–H groups in total. The minimum absolute atomic E-state index is 0.238. The van der Waals surface area contributed by atoms with E-state index in [0.29, 0.717) is 13.1 Å². The zero-order valence-corrected chi connectivity index (χ0v) is 10.4. The Morgan fingerprint density at radius 2 is 1.94 bits per heavy atom. The lowest BCUT2D eigenvalue weighted by molar-refractivity contribution is 0.164. The second-order valence-electron chi connectivity index (χ2n) is 4.33. The maximum Gasteiger partial charge on any atom is 0.315 e. The van der Waals surface area contributed by atoms with Crippen molar-refractivity contribution in [3.05, 3.63) is 0 Å². The van der Waals surface area contributed by atoms with E-state index in [1.807, 2.05) is 0 Å². The smallest absolute Gasteiger partial charge is 0.315 e.